The highest BCUT2D eigenvalue weighted by atomic mass is 16.5. The predicted octanol–water partition coefficient (Wildman–Crippen LogP) is 1.96. The van der Waals surface area contributed by atoms with Gasteiger partial charge >= 0.3 is 0 Å². The smallest absolute Gasteiger partial charge is 0.119 e. The summed E-state index contributed by atoms with van der Waals surface area (Å²) in [5.41, 5.74) is 2.62. The highest BCUT2D eigenvalue weighted by molar-refractivity contribution is 5.56. The van der Waals surface area contributed by atoms with Gasteiger partial charge in [-0.2, -0.15) is 0 Å². The van der Waals surface area contributed by atoms with Crippen LogP contribution in [0.1, 0.15) is 18.4 Å². The van der Waals surface area contributed by atoms with Crippen molar-refractivity contribution >= 4 is 5.69 Å². The predicted molar refractivity (Wildman–Crippen MR) is 80.7 cm³/mol. The van der Waals surface area contributed by atoms with Crippen molar-refractivity contribution in [1.82, 2.24) is 5.32 Å². The summed E-state index contributed by atoms with van der Waals surface area (Å²) in [4.78, 5) is 2.44. The maximum Gasteiger partial charge on any atom is 0.119 e. The van der Waals surface area contributed by atoms with Gasteiger partial charge in [-0.1, -0.05) is 0 Å². The van der Waals surface area contributed by atoms with E-state index in [9.17, 15) is 0 Å². The van der Waals surface area contributed by atoms with Gasteiger partial charge < -0.3 is 19.7 Å². The topological polar surface area (TPSA) is 33.7 Å². The summed E-state index contributed by atoms with van der Waals surface area (Å²) in [6.45, 7) is 8.01. The Kier molecular flexibility index (Phi) is 4.43. The number of aryl methyl sites for hydroxylation is 1. The van der Waals surface area contributed by atoms with Gasteiger partial charge in [-0.05, 0) is 43.5 Å². The Morgan fingerprint density at radius 2 is 2.20 bits per heavy atom. The molecule has 0 aromatic heterocycles. The maximum atomic E-state index is 5.86. The normalized spacial score (nSPS) is 23.1. The van der Waals surface area contributed by atoms with Gasteiger partial charge in [-0.3, -0.25) is 0 Å². The fraction of sp³-hybridized carbons (Fsp3) is 0.625. The number of nitrogens with one attached hydrogen (secondary N) is 1. The number of nitrogens with zero attached hydrogens (tertiary/aromatic N) is 1. The van der Waals surface area contributed by atoms with Crippen LogP contribution in [0.2, 0.25) is 0 Å². The van der Waals surface area contributed by atoms with Gasteiger partial charge in [0.2, 0.25) is 0 Å². The van der Waals surface area contributed by atoms with Gasteiger partial charge in [-0.25, -0.2) is 0 Å². The lowest BCUT2D eigenvalue weighted by atomic mass is 10.1. The molecule has 1 atom stereocenters. The van der Waals surface area contributed by atoms with Crippen molar-refractivity contribution in [2.45, 2.75) is 25.9 Å². The number of benzene rings is 1. The second-order valence-corrected chi connectivity index (χ2v) is 5.63. The molecule has 1 aromatic rings. The van der Waals surface area contributed by atoms with E-state index in [4.69, 9.17) is 9.47 Å². The number of hydrogen-bond donors (Lipinski definition) is 1. The molecule has 1 aromatic carbocycles. The standard InChI is InChI=1S/C16H24N2O2/c1-13-11-14(20-12-15-3-2-10-19-15)4-5-16(13)18-8-6-17-7-9-18/h4-5,11,15,17H,2-3,6-10,12H2,1H3. The van der Waals surface area contributed by atoms with Gasteiger partial charge in [0.15, 0.2) is 0 Å². The van der Waals surface area contributed by atoms with Gasteiger partial charge in [0.25, 0.3) is 0 Å². The SMILES string of the molecule is Cc1cc(OCC2CCCO2)ccc1N1CCNCC1. The van der Waals surface area contributed by atoms with E-state index >= 15 is 0 Å². The fourth-order valence-corrected chi connectivity index (χ4v) is 2.94. The molecule has 110 valence electrons. The zero-order chi connectivity index (χ0) is 13.8. The number of anilines is 1. The molecule has 2 aliphatic rings. The minimum absolute atomic E-state index is 0.281. The second-order valence-electron chi connectivity index (χ2n) is 5.63. The second kappa shape index (κ2) is 6.46. The molecule has 2 heterocycles. The van der Waals surface area contributed by atoms with Crippen molar-refractivity contribution < 1.29 is 9.47 Å². The molecule has 0 radical (unpaired) electrons. The minimum Gasteiger partial charge on any atom is -0.491 e. The molecule has 20 heavy (non-hydrogen) atoms. The Morgan fingerprint density at radius 1 is 1.35 bits per heavy atom. The average Bonchev–Trinajstić information content (AvgIpc) is 2.99. The molecule has 1 N–H and O–H groups in total. The van der Waals surface area contributed by atoms with Crippen LogP contribution in [0.4, 0.5) is 5.69 Å². The molecule has 2 saturated heterocycles. The van der Waals surface area contributed by atoms with Crippen LogP contribution in [0.5, 0.6) is 5.75 Å². The van der Waals surface area contributed by atoms with Gasteiger partial charge in [0.05, 0.1) is 6.10 Å². The zero-order valence-electron chi connectivity index (χ0n) is 12.2. The summed E-state index contributed by atoms with van der Waals surface area (Å²) < 4.78 is 11.4. The molecular formula is C16H24N2O2. The largest absolute Gasteiger partial charge is 0.491 e. The number of piperazine rings is 1. The van der Waals surface area contributed by atoms with Crippen molar-refractivity contribution in [1.29, 1.82) is 0 Å². The van der Waals surface area contributed by atoms with Crippen LogP contribution in [0, 0.1) is 6.92 Å². The summed E-state index contributed by atoms with van der Waals surface area (Å²) in [6, 6.07) is 6.41. The Labute approximate surface area is 121 Å². The number of rotatable bonds is 4. The van der Waals surface area contributed by atoms with Crippen LogP contribution >= 0.6 is 0 Å². The van der Waals surface area contributed by atoms with Gasteiger partial charge in [-0.15, -0.1) is 0 Å². The Hall–Kier alpha value is -1.26. The van der Waals surface area contributed by atoms with Gasteiger partial charge in [0.1, 0.15) is 12.4 Å². The van der Waals surface area contributed by atoms with Crippen LogP contribution in [-0.4, -0.2) is 45.5 Å². The van der Waals surface area contributed by atoms with Crippen LogP contribution in [0.3, 0.4) is 0 Å². The lowest BCUT2D eigenvalue weighted by molar-refractivity contribution is 0.0679. The summed E-state index contributed by atoms with van der Waals surface area (Å²) in [7, 11) is 0. The molecule has 0 aliphatic carbocycles. The zero-order valence-corrected chi connectivity index (χ0v) is 12.2. The van der Waals surface area contributed by atoms with Gasteiger partial charge in [0, 0.05) is 38.5 Å². The molecule has 4 heteroatoms. The van der Waals surface area contributed by atoms with Crippen molar-refractivity contribution in [3.8, 4) is 5.75 Å². The molecule has 0 amide bonds. The quantitative estimate of drug-likeness (QED) is 0.911. The van der Waals surface area contributed by atoms with Crippen LogP contribution in [0.25, 0.3) is 0 Å². The van der Waals surface area contributed by atoms with Crippen molar-refractivity contribution in [2.75, 3.05) is 44.3 Å². The van der Waals surface area contributed by atoms with E-state index in [0.29, 0.717) is 6.61 Å². The number of hydrogen-bond acceptors (Lipinski definition) is 4. The summed E-state index contributed by atoms with van der Waals surface area (Å²) in [5, 5.41) is 3.39. The minimum atomic E-state index is 0.281. The van der Waals surface area contributed by atoms with Crippen LogP contribution < -0.4 is 15.0 Å². The van der Waals surface area contributed by atoms with Crippen molar-refractivity contribution in [3.05, 3.63) is 23.8 Å². The third-order valence-electron chi connectivity index (χ3n) is 4.09. The third kappa shape index (κ3) is 3.25. The summed E-state index contributed by atoms with van der Waals surface area (Å²) >= 11 is 0. The van der Waals surface area contributed by atoms with Crippen molar-refractivity contribution in [2.24, 2.45) is 0 Å². The Balaban J connectivity index is 1.60. The van der Waals surface area contributed by atoms with E-state index in [-0.39, 0.29) is 6.10 Å². The van der Waals surface area contributed by atoms with E-state index < -0.39 is 0 Å². The highest BCUT2D eigenvalue weighted by Gasteiger charge is 2.17. The Bertz CT molecular complexity index is 438. The highest BCUT2D eigenvalue weighted by Crippen LogP contribution is 2.25. The first-order valence-corrected chi connectivity index (χ1v) is 7.63. The summed E-state index contributed by atoms with van der Waals surface area (Å²) in [6.07, 6.45) is 2.57. The molecular weight excluding hydrogens is 252 g/mol. The monoisotopic (exact) mass is 276 g/mol. The molecule has 2 aliphatic heterocycles. The van der Waals surface area contributed by atoms with E-state index in [1.807, 2.05) is 0 Å². The summed E-state index contributed by atoms with van der Waals surface area (Å²) in [5.74, 6) is 0.955. The lowest BCUT2D eigenvalue weighted by Crippen LogP contribution is -2.43. The average molecular weight is 276 g/mol. The van der Waals surface area contributed by atoms with E-state index in [1.165, 1.54) is 11.3 Å². The van der Waals surface area contributed by atoms with E-state index in [0.717, 1.165) is 51.4 Å². The molecule has 0 spiro atoms. The first kappa shape index (κ1) is 13.7. The molecule has 4 nitrogen and oxygen atoms in total. The third-order valence-corrected chi connectivity index (χ3v) is 4.09. The first-order valence-electron chi connectivity index (χ1n) is 7.63. The van der Waals surface area contributed by atoms with Crippen molar-refractivity contribution in [3.63, 3.8) is 0 Å². The first-order chi connectivity index (χ1) is 9.83. The molecule has 0 saturated carbocycles. The Morgan fingerprint density at radius 3 is 2.90 bits per heavy atom. The fourth-order valence-electron chi connectivity index (χ4n) is 2.94. The molecule has 3 rings (SSSR count). The van der Waals surface area contributed by atoms with E-state index in [1.54, 1.807) is 0 Å². The van der Waals surface area contributed by atoms with Crippen LogP contribution in [0.15, 0.2) is 18.2 Å². The maximum absolute atomic E-state index is 5.86. The molecule has 2 fully saturated rings. The van der Waals surface area contributed by atoms with Crippen LogP contribution in [-0.2, 0) is 4.74 Å². The number of ether oxygens (including phenoxy) is 2. The lowest BCUT2D eigenvalue weighted by Gasteiger charge is -2.30. The molecule has 1 unspecified atom stereocenters. The molecule has 0 bridgehead atoms. The van der Waals surface area contributed by atoms with E-state index in [2.05, 4.69) is 35.3 Å².